The maximum absolute atomic E-state index is 12.2. The lowest BCUT2D eigenvalue weighted by Gasteiger charge is -2.21. The van der Waals surface area contributed by atoms with Gasteiger partial charge in [0.1, 0.15) is 5.75 Å². The van der Waals surface area contributed by atoms with E-state index in [1.807, 2.05) is 39.8 Å². The van der Waals surface area contributed by atoms with Crippen LogP contribution >= 0.6 is 15.9 Å². The van der Waals surface area contributed by atoms with E-state index in [1.54, 1.807) is 6.07 Å². The van der Waals surface area contributed by atoms with Crippen LogP contribution in [-0.4, -0.2) is 18.1 Å². The third-order valence-electron chi connectivity index (χ3n) is 2.14. The summed E-state index contributed by atoms with van der Waals surface area (Å²) in [7, 11) is 0. The Kier molecular flexibility index (Phi) is 5.20. The molecule has 0 unspecified atom stereocenters. The zero-order valence-electron chi connectivity index (χ0n) is 11.3. The third kappa shape index (κ3) is 4.69. The summed E-state index contributed by atoms with van der Waals surface area (Å²) >= 11 is 3.38. The Balaban J connectivity index is 2.97. The van der Waals surface area contributed by atoms with Gasteiger partial charge in [0.05, 0.1) is 12.2 Å². The molecule has 0 aromatic heterocycles. The number of hydrogen-bond donors (Lipinski definition) is 1. The normalized spacial score (nSPS) is 11.2. The predicted octanol–water partition coefficient (Wildman–Crippen LogP) is 3.77. The maximum atomic E-state index is 12.2. The Hall–Kier alpha value is -1.03. The van der Waals surface area contributed by atoms with E-state index in [2.05, 4.69) is 21.2 Å². The van der Waals surface area contributed by atoms with Crippen molar-refractivity contribution in [2.75, 3.05) is 6.61 Å². The van der Waals surface area contributed by atoms with E-state index in [9.17, 15) is 4.79 Å². The van der Waals surface area contributed by atoms with Crippen LogP contribution in [0, 0.1) is 0 Å². The first-order valence-electron chi connectivity index (χ1n) is 6.08. The largest absolute Gasteiger partial charge is 0.493 e. The predicted molar refractivity (Wildman–Crippen MR) is 77.1 cm³/mol. The van der Waals surface area contributed by atoms with Gasteiger partial charge in [-0.25, -0.2) is 0 Å². The van der Waals surface area contributed by atoms with Gasteiger partial charge >= 0.3 is 0 Å². The average molecular weight is 314 g/mol. The molecule has 0 saturated carbocycles. The summed E-state index contributed by atoms with van der Waals surface area (Å²) < 4.78 is 6.46. The Bertz CT molecular complexity index is 424. The standard InChI is InChI=1S/C14H20BrNO2/c1-5-8-18-12-7-6-10(15)9-11(12)13(17)16-14(2,3)4/h6-7,9H,5,8H2,1-4H3,(H,16,17). The second-order valence-corrected chi connectivity index (χ2v) is 6.11. The van der Waals surface area contributed by atoms with Crippen molar-refractivity contribution in [3.8, 4) is 5.75 Å². The molecule has 0 spiro atoms. The molecule has 18 heavy (non-hydrogen) atoms. The summed E-state index contributed by atoms with van der Waals surface area (Å²) in [4.78, 5) is 12.2. The molecule has 0 aliphatic rings. The fourth-order valence-electron chi connectivity index (χ4n) is 1.43. The van der Waals surface area contributed by atoms with Crippen molar-refractivity contribution in [2.45, 2.75) is 39.7 Å². The van der Waals surface area contributed by atoms with Crippen molar-refractivity contribution < 1.29 is 9.53 Å². The zero-order chi connectivity index (χ0) is 13.8. The van der Waals surface area contributed by atoms with Gasteiger partial charge in [0.2, 0.25) is 0 Å². The lowest BCUT2D eigenvalue weighted by molar-refractivity contribution is 0.0915. The Labute approximate surface area is 117 Å². The van der Waals surface area contributed by atoms with Crippen molar-refractivity contribution in [2.24, 2.45) is 0 Å². The van der Waals surface area contributed by atoms with Gasteiger partial charge in [0, 0.05) is 10.0 Å². The van der Waals surface area contributed by atoms with Crippen LogP contribution in [0.2, 0.25) is 0 Å². The molecule has 0 radical (unpaired) electrons. The molecule has 0 bridgehead atoms. The van der Waals surface area contributed by atoms with Gasteiger partial charge in [-0.05, 0) is 45.4 Å². The maximum Gasteiger partial charge on any atom is 0.255 e. The second kappa shape index (κ2) is 6.23. The van der Waals surface area contributed by atoms with Crippen LogP contribution in [0.15, 0.2) is 22.7 Å². The van der Waals surface area contributed by atoms with Gasteiger partial charge in [-0.1, -0.05) is 22.9 Å². The summed E-state index contributed by atoms with van der Waals surface area (Å²) in [5.74, 6) is 0.511. The molecule has 100 valence electrons. The molecular formula is C14H20BrNO2. The highest BCUT2D eigenvalue weighted by atomic mass is 79.9. The third-order valence-corrected chi connectivity index (χ3v) is 2.63. The molecule has 1 amide bonds. The number of carbonyl (C=O) groups excluding carboxylic acids is 1. The minimum absolute atomic E-state index is 0.116. The molecule has 0 aliphatic heterocycles. The van der Waals surface area contributed by atoms with Crippen molar-refractivity contribution in [3.63, 3.8) is 0 Å². The van der Waals surface area contributed by atoms with Gasteiger partial charge < -0.3 is 10.1 Å². The van der Waals surface area contributed by atoms with E-state index < -0.39 is 0 Å². The van der Waals surface area contributed by atoms with Gasteiger partial charge in [-0.15, -0.1) is 0 Å². The lowest BCUT2D eigenvalue weighted by atomic mass is 10.1. The van der Waals surface area contributed by atoms with E-state index in [4.69, 9.17) is 4.74 Å². The van der Waals surface area contributed by atoms with Crippen LogP contribution in [-0.2, 0) is 0 Å². The number of halogens is 1. The quantitative estimate of drug-likeness (QED) is 0.919. The molecule has 1 aromatic carbocycles. The van der Waals surface area contributed by atoms with E-state index in [0.29, 0.717) is 17.9 Å². The number of nitrogens with one attached hydrogen (secondary N) is 1. The zero-order valence-corrected chi connectivity index (χ0v) is 12.9. The first-order valence-corrected chi connectivity index (χ1v) is 6.87. The van der Waals surface area contributed by atoms with Gasteiger partial charge in [-0.3, -0.25) is 4.79 Å². The fourth-order valence-corrected chi connectivity index (χ4v) is 1.79. The molecule has 0 heterocycles. The van der Waals surface area contributed by atoms with E-state index >= 15 is 0 Å². The molecule has 1 aromatic rings. The van der Waals surface area contributed by atoms with E-state index in [-0.39, 0.29) is 11.4 Å². The van der Waals surface area contributed by atoms with Crippen LogP contribution in [0.5, 0.6) is 5.75 Å². The molecule has 0 atom stereocenters. The highest BCUT2D eigenvalue weighted by Gasteiger charge is 2.19. The smallest absolute Gasteiger partial charge is 0.255 e. The number of rotatable bonds is 4. The summed E-state index contributed by atoms with van der Waals surface area (Å²) in [5.41, 5.74) is 0.300. The average Bonchev–Trinajstić information content (AvgIpc) is 2.25. The molecule has 1 N–H and O–H groups in total. The Morgan fingerprint density at radius 2 is 2.06 bits per heavy atom. The number of amides is 1. The van der Waals surface area contributed by atoms with Crippen LogP contribution in [0.4, 0.5) is 0 Å². The molecule has 0 fully saturated rings. The van der Waals surface area contributed by atoms with E-state index in [0.717, 1.165) is 10.9 Å². The molecule has 1 rings (SSSR count). The van der Waals surface area contributed by atoms with Gasteiger partial charge in [0.25, 0.3) is 5.91 Å². The van der Waals surface area contributed by atoms with Gasteiger partial charge in [-0.2, -0.15) is 0 Å². The van der Waals surface area contributed by atoms with Crippen LogP contribution < -0.4 is 10.1 Å². The Morgan fingerprint density at radius 3 is 2.61 bits per heavy atom. The van der Waals surface area contributed by atoms with Crippen molar-refractivity contribution in [1.29, 1.82) is 0 Å². The highest BCUT2D eigenvalue weighted by Crippen LogP contribution is 2.24. The van der Waals surface area contributed by atoms with E-state index in [1.165, 1.54) is 0 Å². The number of benzene rings is 1. The first-order chi connectivity index (χ1) is 8.33. The molecule has 0 aliphatic carbocycles. The number of hydrogen-bond acceptors (Lipinski definition) is 2. The minimum atomic E-state index is -0.262. The monoisotopic (exact) mass is 313 g/mol. The van der Waals surface area contributed by atoms with Crippen LogP contribution in [0.25, 0.3) is 0 Å². The summed E-state index contributed by atoms with van der Waals surface area (Å²) in [5, 5.41) is 2.94. The molecular weight excluding hydrogens is 294 g/mol. The molecule has 3 nitrogen and oxygen atoms in total. The number of carbonyl (C=O) groups is 1. The minimum Gasteiger partial charge on any atom is -0.493 e. The van der Waals surface area contributed by atoms with Crippen LogP contribution in [0.1, 0.15) is 44.5 Å². The summed E-state index contributed by atoms with van der Waals surface area (Å²) in [6.45, 7) is 8.51. The SMILES string of the molecule is CCCOc1ccc(Br)cc1C(=O)NC(C)(C)C. The topological polar surface area (TPSA) is 38.3 Å². The number of ether oxygens (including phenoxy) is 1. The highest BCUT2D eigenvalue weighted by molar-refractivity contribution is 9.10. The summed E-state index contributed by atoms with van der Waals surface area (Å²) in [6, 6.07) is 5.47. The molecule has 4 heteroatoms. The van der Waals surface area contributed by atoms with Crippen molar-refractivity contribution >= 4 is 21.8 Å². The van der Waals surface area contributed by atoms with Crippen molar-refractivity contribution in [3.05, 3.63) is 28.2 Å². The fraction of sp³-hybridized carbons (Fsp3) is 0.500. The first kappa shape index (κ1) is 15.0. The lowest BCUT2D eigenvalue weighted by Crippen LogP contribution is -2.40. The molecule has 0 saturated heterocycles. The summed E-state index contributed by atoms with van der Waals surface area (Å²) in [6.07, 6.45) is 0.913. The second-order valence-electron chi connectivity index (χ2n) is 5.19. The van der Waals surface area contributed by atoms with Gasteiger partial charge in [0.15, 0.2) is 0 Å². The van der Waals surface area contributed by atoms with Crippen LogP contribution in [0.3, 0.4) is 0 Å². The Morgan fingerprint density at radius 1 is 1.39 bits per heavy atom. The van der Waals surface area contributed by atoms with Crippen molar-refractivity contribution in [1.82, 2.24) is 5.32 Å².